The Morgan fingerprint density at radius 3 is 2.58 bits per heavy atom. The molecular weight excluding hydrogens is 307 g/mol. The molecule has 4 nitrogen and oxygen atoms in total. The smallest absolute Gasteiger partial charge is 0.254 e. The van der Waals surface area contributed by atoms with Gasteiger partial charge in [-0.1, -0.05) is 30.3 Å². The molecule has 1 atom stereocenters. The van der Waals surface area contributed by atoms with Crippen LogP contribution in [0.2, 0.25) is 0 Å². The number of methoxy groups -OCH3 is 1. The largest absolute Gasteiger partial charge is 0.494 e. The van der Waals surface area contributed by atoms with Crippen LogP contribution in [0.4, 0.5) is 4.39 Å². The van der Waals surface area contributed by atoms with E-state index in [1.807, 2.05) is 42.3 Å². The lowest BCUT2D eigenvalue weighted by Crippen LogP contribution is -2.49. The van der Waals surface area contributed by atoms with Crippen molar-refractivity contribution in [3.63, 3.8) is 0 Å². The highest BCUT2D eigenvalue weighted by atomic mass is 19.1. The molecule has 2 aromatic rings. The maximum absolute atomic E-state index is 14.0. The SMILES string of the molecule is COc1ccc(C(=O)N2CCN(C)C[C@@H]2c2ccccc2)cc1F. The molecule has 0 saturated carbocycles. The summed E-state index contributed by atoms with van der Waals surface area (Å²) in [6.07, 6.45) is 0. The summed E-state index contributed by atoms with van der Waals surface area (Å²) in [5.74, 6) is -0.531. The molecule has 1 aliphatic heterocycles. The van der Waals surface area contributed by atoms with E-state index in [9.17, 15) is 9.18 Å². The minimum Gasteiger partial charge on any atom is -0.494 e. The molecule has 3 rings (SSSR count). The second-order valence-electron chi connectivity index (χ2n) is 6.04. The van der Waals surface area contributed by atoms with Gasteiger partial charge in [0, 0.05) is 25.2 Å². The van der Waals surface area contributed by atoms with E-state index in [1.54, 1.807) is 6.07 Å². The Bertz CT molecular complexity index is 721. The fraction of sp³-hybridized carbons (Fsp3) is 0.316. The quantitative estimate of drug-likeness (QED) is 0.868. The fourth-order valence-corrected chi connectivity index (χ4v) is 3.09. The lowest BCUT2D eigenvalue weighted by Gasteiger charge is -2.40. The zero-order valence-electron chi connectivity index (χ0n) is 13.9. The molecule has 0 spiro atoms. The molecule has 2 aromatic carbocycles. The molecule has 0 radical (unpaired) electrons. The number of nitrogens with zero attached hydrogens (tertiary/aromatic N) is 2. The standard InChI is InChI=1S/C19H21FN2O2/c1-21-10-11-22(17(13-21)14-6-4-3-5-7-14)19(23)15-8-9-18(24-2)16(20)12-15/h3-9,12,17H,10-11,13H2,1-2H3/t17-/m1/s1. The lowest BCUT2D eigenvalue weighted by atomic mass is 10.0. The highest BCUT2D eigenvalue weighted by molar-refractivity contribution is 5.94. The molecule has 0 bridgehead atoms. The van der Waals surface area contributed by atoms with Gasteiger partial charge in [-0.3, -0.25) is 4.79 Å². The number of carbonyl (C=O) groups excluding carboxylic acids is 1. The second kappa shape index (κ2) is 7.01. The number of carbonyl (C=O) groups is 1. The number of hydrogen-bond acceptors (Lipinski definition) is 3. The maximum atomic E-state index is 14.0. The van der Waals surface area contributed by atoms with Gasteiger partial charge in [0.2, 0.25) is 0 Å². The monoisotopic (exact) mass is 328 g/mol. The van der Waals surface area contributed by atoms with E-state index in [0.717, 1.165) is 18.7 Å². The number of rotatable bonds is 3. The zero-order valence-corrected chi connectivity index (χ0v) is 13.9. The van der Waals surface area contributed by atoms with Crippen LogP contribution in [0.25, 0.3) is 0 Å². The predicted molar refractivity (Wildman–Crippen MR) is 90.7 cm³/mol. The number of halogens is 1. The summed E-state index contributed by atoms with van der Waals surface area (Å²) >= 11 is 0. The van der Waals surface area contributed by atoms with Gasteiger partial charge in [0.05, 0.1) is 13.2 Å². The third-order valence-electron chi connectivity index (χ3n) is 4.43. The van der Waals surface area contributed by atoms with E-state index in [4.69, 9.17) is 4.74 Å². The first-order chi connectivity index (χ1) is 11.6. The molecule has 0 aromatic heterocycles. The number of hydrogen-bond donors (Lipinski definition) is 0. The summed E-state index contributed by atoms with van der Waals surface area (Å²) < 4.78 is 18.9. The Kier molecular flexibility index (Phi) is 4.81. The van der Waals surface area contributed by atoms with Crippen LogP contribution in [0.5, 0.6) is 5.75 Å². The van der Waals surface area contributed by atoms with Crippen molar-refractivity contribution in [3.05, 3.63) is 65.5 Å². The minimum atomic E-state index is -0.520. The first-order valence-electron chi connectivity index (χ1n) is 7.98. The van der Waals surface area contributed by atoms with Crippen molar-refractivity contribution >= 4 is 5.91 Å². The normalized spacial score (nSPS) is 18.5. The first-order valence-corrected chi connectivity index (χ1v) is 7.98. The number of likely N-dealkylation sites (N-methyl/N-ethyl adjacent to an activating group) is 1. The van der Waals surface area contributed by atoms with Crippen LogP contribution in [-0.4, -0.2) is 49.5 Å². The van der Waals surface area contributed by atoms with Crippen LogP contribution < -0.4 is 4.74 Å². The van der Waals surface area contributed by atoms with Crippen LogP contribution in [0, 0.1) is 5.82 Å². The summed E-state index contributed by atoms with van der Waals surface area (Å²) in [5, 5.41) is 0. The van der Waals surface area contributed by atoms with Gasteiger partial charge in [-0.05, 0) is 30.8 Å². The van der Waals surface area contributed by atoms with Gasteiger partial charge in [-0.25, -0.2) is 4.39 Å². The second-order valence-corrected chi connectivity index (χ2v) is 6.04. The molecule has 24 heavy (non-hydrogen) atoms. The number of amides is 1. The summed E-state index contributed by atoms with van der Waals surface area (Å²) in [6, 6.07) is 14.3. The van der Waals surface area contributed by atoms with E-state index < -0.39 is 5.82 Å². The van der Waals surface area contributed by atoms with Crippen molar-refractivity contribution in [2.45, 2.75) is 6.04 Å². The third kappa shape index (κ3) is 3.26. The van der Waals surface area contributed by atoms with E-state index in [-0.39, 0.29) is 17.7 Å². The molecule has 0 aliphatic carbocycles. The average Bonchev–Trinajstić information content (AvgIpc) is 2.61. The number of ether oxygens (including phenoxy) is 1. The predicted octanol–water partition coefficient (Wildman–Crippen LogP) is 2.96. The summed E-state index contributed by atoms with van der Waals surface area (Å²) in [6.45, 7) is 2.17. The summed E-state index contributed by atoms with van der Waals surface area (Å²) in [7, 11) is 3.45. The van der Waals surface area contributed by atoms with Crippen molar-refractivity contribution in [2.75, 3.05) is 33.8 Å². The van der Waals surface area contributed by atoms with Gasteiger partial charge in [0.15, 0.2) is 11.6 Å². The molecule has 1 amide bonds. The Morgan fingerprint density at radius 1 is 1.17 bits per heavy atom. The van der Waals surface area contributed by atoms with Crippen LogP contribution in [0.15, 0.2) is 48.5 Å². The highest BCUT2D eigenvalue weighted by Gasteiger charge is 2.31. The van der Waals surface area contributed by atoms with Crippen molar-refractivity contribution in [1.29, 1.82) is 0 Å². The van der Waals surface area contributed by atoms with E-state index >= 15 is 0 Å². The zero-order chi connectivity index (χ0) is 17.1. The van der Waals surface area contributed by atoms with Gasteiger partial charge >= 0.3 is 0 Å². The van der Waals surface area contributed by atoms with Gasteiger partial charge in [0.1, 0.15) is 0 Å². The molecule has 1 aliphatic rings. The number of benzene rings is 2. The van der Waals surface area contributed by atoms with Crippen LogP contribution in [-0.2, 0) is 0 Å². The third-order valence-corrected chi connectivity index (χ3v) is 4.43. The van der Waals surface area contributed by atoms with Crippen LogP contribution >= 0.6 is 0 Å². The van der Waals surface area contributed by atoms with Gasteiger partial charge < -0.3 is 14.5 Å². The first kappa shape index (κ1) is 16.5. The number of piperazine rings is 1. The van der Waals surface area contributed by atoms with Crippen molar-refractivity contribution in [2.24, 2.45) is 0 Å². The molecule has 126 valence electrons. The molecule has 1 fully saturated rings. The Hall–Kier alpha value is -2.40. The van der Waals surface area contributed by atoms with Gasteiger partial charge in [-0.2, -0.15) is 0 Å². The Balaban J connectivity index is 1.90. The molecular formula is C19H21FN2O2. The van der Waals surface area contributed by atoms with Gasteiger partial charge in [0.25, 0.3) is 5.91 Å². The molecule has 5 heteroatoms. The Labute approximate surface area is 141 Å². The van der Waals surface area contributed by atoms with E-state index in [1.165, 1.54) is 19.2 Å². The van der Waals surface area contributed by atoms with Crippen molar-refractivity contribution < 1.29 is 13.9 Å². The molecule has 0 unspecified atom stereocenters. The Morgan fingerprint density at radius 2 is 1.92 bits per heavy atom. The average molecular weight is 328 g/mol. The summed E-state index contributed by atoms with van der Waals surface area (Å²) in [5.41, 5.74) is 1.44. The fourth-order valence-electron chi connectivity index (χ4n) is 3.09. The summed E-state index contributed by atoms with van der Waals surface area (Å²) in [4.78, 5) is 17.0. The van der Waals surface area contributed by atoms with Crippen molar-refractivity contribution in [3.8, 4) is 5.75 Å². The van der Waals surface area contributed by atoms with E-state index in [0.29, 0.717) is 12.1 Å². The van der Waals surface area contributed by atoms with Gasteiger partial charge in [-0.15, -0.1) is 0 Å². The van der Waals surface area contributed by atoms with Crippen LogP contribution in [0.3, 0.4) is 0 Å². The molecule has 1 saturated heterocycles. The lowest BCUT2D eigenvalue weighted by molar-refractivity contribution is 0.0497. The highest BCUT2D eigenvalue weighted by Crippen LogP contribution is 2.27. The molecule has 1 heterocycles. The van der Waals surface area contributed by atoms with Crippen molar-refractivity contribution in [1.82, 2.24) is 9.80 Å². The van der Waals surface area contributed by atoms with E-state index in [2.05, 4.69) is 4.90 Å². The minimum absolute atomic E-state index is 0.0392. The topological polar surface area (TPSA) is 32.8 Å². The maximum Gasteiger partial charge on any atom is 0.254 e. The molecule has 0 N–H and O–H groups in total. The van der Waals surface area contributed by atoms with Crippen LogP contribution in [0.1, 0.15) is 22.0 Å².